The van der Waals surface area contributed by atoms with Gasteiger partial charge in [-0.15, -0.1) is 0 Å². The minimum atomic E-state index is 0.526. The largest absolute Gasteiger partial charge is 0.493 e. The van der Waals surface area contributed by atoms with Crippen LogP contribution in [-0.4, -0.2) is 6.61 Å². The molecule has 1 fully saturated rings. The van der Waals surface area contributed by atoms with Crippen LogP contribution in [0.4, 0.5) is 0 Å². The van der Waals surface area contributed by atoms with E-state index in [1.54, 1.807) is 0 Å². The Morgan fingerprint density at radius 3 is 2.63 bits per heavy atom. The second kappa shape index (κ2) is 6.30. The summed E-state index contributed by atoms with van der Waals surface area (Å²) in [6.07, 6.45) is 10.7. The van der Waals surface area contributed by atoms with Gasteiger partial charge in [-0.05, 0) is 48.8 Å². The van der Waals surface area contributed by atoms with Gasteiger partial charge >= 0.3 is 0 Å². The van der Waals surface area contributed by atoms with Crippen molar-refractivity contribution in [1.82, 2.24) is 0 Å². The minimum absolute atomic E-state index is 0.526. The molecule has 1 saturated carbocycles. The third-order valence-corrected chi connectivity index (χ3v) is 5.84. The van der Waals surface area contributed by atoms with Crippen molar-refractivity contribution in [2.24, 2.45) is 5.92 Å². The average molecular weight is 323 g/mol. The molecule has 0 aromatic heterocycles. The number of hydrogen-bond acceptors (Lipinski definition) is 1. The normalized spacial score (nSPS) is 22.2. The Kier molecular flexibility index (Phi) is 4.47. The molecule has 2 aliphatic rings. The van der Waals surface area contributed by atoms with Gasteiger partial charge < -0.3 is 4.74 Å². The van der Waals surface area contributed by atoms with E-state index >= 15 is 0 Å². The zero-order chi connectivity index (χ0) is 13.1. The summed E-state index contributed by atoms with van der Waals surface area (Å²) in [5.41, 5.74) is 2.86. The predicted octanol–water partition coefficient (Wildman–Crippen LogP) is 5.42. The van der Waals surface area contributed by atoms with Crippen LogP contribution < -0.4 is 4.74 Å². The topological polar surface area (TPSA) is 9.23 Å². The Labute approximate surface area is 124 Å². The lowest BCUT2D eigenvalue weighted by molar-refractivity contribution is 0.288. The molecule has 1 aromatic carbocycles. The maximum Gasteiger partial charge on any atom is 0.122 e. The second-order valence-corrected chi connectivity index (χ2v) is 6.96. The summed E-state index contributed by atoms with van der Waals surface area (Å²) >= 11 is 3.97. The molecule has 1 nitrogen and oxygen atoms in total. The highest BCUT2D eigenvalue weighted by molar-refractivity contribution is 9.09. The van der Waals surface area contributed by atoms with E-state index in [4.69, 9.17) is 4.74 Å². The van der Waals surface area contributed by atoms with Crippen molar-refractivity contribution in [3.05, 3.63) is 29.3 Å². The Morgan fingerprint density at radius 2 is 1.84 bits per heavy atom. The van der Waals surface area contributed by atoms with E-state index in [1.807, 2.05) is 0 Å². The number of alkyl halides is 1. The van der Waals surface area contributed by atoms with Gasteiger partial charge in [-0.25, -0.2) is 0 Å². The third kappa shape index (κ3) is 3.16. The molecule has 3 rings (SSSR count). The van der Waals surface area contributed by atoms with Gasteiger partial charge in [0.1, 0.15) is 5.75 Å². The van der Waals surface area contributed by atoms with Gasteiger partial charge in [-0.2, -0.15) is 0 Å². The van der Waals surface area contributed by atoms with Crippen LogP contribution in [0.15, 0.2) is 18.2 Å². The zero-order valence-electron chi connectivity index (χ0n) is 11.5. The molecule has 1 heterocycles. The Hall–Kier alpha value is -0.500. The summed E-state index contributed by atoms with van der Waals surface area (Å²) in [7, 11) is 0. The van der Waals surface area contributed by atoms with Crippen LogP contribution in [0.1, 0.15) is 60.9 Å². The molecule has 0 saturated heterocycles. The molecule has 0 N–H and O–H groups in total. The first-order valence-corrected chi connectivity index (χ1v) is 8.66. The summed E-state index contributed by atoms with van der Waals surface area (Å²) in [4.78, 5) is 0.526. The number of aryl methyl sites for hydroxylation is 1. The van der Waals surface area contributed by atoms with Crippen LogP contribution >= 0.6 is 15.9 Å². The molecule has 1 aliphatic heterocycles. The van der Waals surface area contributed by atoms with Crippen molar-refractivity contribution >= 4 is 15.9 Å². The summed E-state index contributed by atoms with van der Waals surface area (Å²) in [5, 5.41) is 0. The first-order valence-electron chi connectivity index (χ1n) is 7.74. The molecule has 1 atom stereocenters. The van der Waals surface area contributed by atoms with E-state index in [1.165, 1.54) is 56.1 Å². The van der Waals surface area contributed by atoms with E-state index in [0.29, 0.717) is 4.83 Å². The summed E-state index contributed by atoms with van der Waals surface area (Å²) < 4.78 is 5.71. The molecule has 0 bridgehead atoms. The first-order chi connectivity index (χ1) is 9.34. The number of hydrogen-bond donors (Lipinski definition) is 0. The summed E-state index contributed by atoms with van der Waals surface area (Å²) in [5.74, 6) is 1.92. The summed E-state index contributed by atoms with van der Waals surface area (Å²) in [6.45, 7) is 0.882. The zero-order valence-corrected chi connectivity index (χ0v) is 13.1. The number of benzene rings is 1. The maximum atomic E-state index is 5.71. The van der Waals surface area contributed by atoms with Crippen molar-refractivity contribution in [2.75, 3.05) is 6.61 Å². The molecule has 0 radical (unpaired) electrons. The lowest BCUT2D eigenvalue weighted by atomic mass is 9.91. The number of rotatable bonds is 2. The SMILES string of the molecule is BrC(c1ccc2c(c1)CCCO2)C1CCCCCC1. The van der Waals surface area contributed by atoms with Crippen molar-refractivity contribution < 1.29 is 4.74 Å². The first kappa shape index (κ1) is 13.5. The van der Waals surface area contributed by atoms with Gasteiger partial charge in [-0.1, -0.05) is 53.7 Å². The van der Waals surface area contributed by atoms with E-state index in [-0.39, 0.29) is 0 Å². The molecule has 1 aromatic rings. The standard InChI is InChI=1S/C17H23BrO/c18-17(13-6-3-1-2-4-7-13)15-9-10-16-14(12-15)8-5-11-19-16/h9-10,12-13,17H,1-8,11H2. The van der Waals surface area contributed by atoms with Crippen LogP contribution in [0.25, 0.3) is 0 Å². The Morgan fingerprint density at radius 1 is 1.05 bits per heavy atom. The maximum absolute atomic E-state index is 5.71. The number of fused-ring (bicyclic) bond motifs is 1. The van der Waals surface area contributed by atoms with Gasteiger partial charge in [0.2, 0.25) is 0 Å². The van der Waals surface area contributed by atoms with Gasteiger partial charge in [0.05, 0.1) is 6.61 Å². The second-order valence-electron chi connectivity index (χ2n) is 5.97. The van der Waals surface area contributed by atoms with Crippen molar-refractivity contribution in [3.63, 3.8) is 0 Å². The van der Waals surface area contributed by atoms with E-state index in [9.17, 15) is 0 Å². The quantitative estimate of drug-likeness (QED) is 0.522. The van der Waals surface area contributed by atoms with Gasteiger partial charge in [0.15, 0.2) is 0 Å². The minimum Gasteiger partial charge on any atom is -0.493 e. The lowest BCUT2D eigenvalue weighted by Gasteiger charge is -2.24. The fourth-order valence-corrected chi connectivity index (χ4v) is 4.24. The lowest BCUT2D eigenvalue weighted by Crippen LogP contribution is -2.11. The van der Waals surface area contributed by atoms with E-state index in [0.717, 1.165) is 24.7 Å². The van der Waals surface area contributed by atoms with Crippen LogP contribution in [0.5, 0.6) is 5.75 Å². The van der Waals surface area contributed by atoms with Gasteiger partial charge in [-0.3, -0.25) is 0 Å². The molecule has 1 unspecified atom stereocenters. The average Bonchev–Trinajstić information content (AvgIpc) is 2.75. The van der Waals surface area contributed by atoms with Gasteiger partial charge in [0.25, 0.3) is 0 Å². The highest BCUT2D eigenvalue weighted by atomic mass is 79.9. The Balaban J connectivity index is 1.76. The van der Waals surface area contributed by atoms with Gasteiger partial charge in [0, 0.05) is 4.83 Å². The molecule has 19 heavy (non-hydrogen) atoms. The fourth-order valence-electron chi connectivity index (χ4n) is 3.43. The van der Waals surface area contributed by atoms with Crippen LogP contribution in [0, 0.1) is 5.92 Å². The molecule has 2 heteroatoms. The highest BCUT2D eigenvalue weighted by Gasteiger charge is 2.23. The van der Waals surface area contributed by atoms with E-state index in [2.05, 4.69) is 34.1 Å². The summed E-state index contributed by atoms with van der Waals surface area (Å²) in [6, 6.07) is 6.81. The van der Waals surface area contributed by atoms with Crippen LogP contribution in [-0.2, 0) is 6.42 Å². The highest BCUT2D eigenvalue weighted by Crippen LogP contribution is 2.40. The molecule has 0 amide bonds. The van der Waals surface area contributed by atoms with E-state index < -0.39 is 0 Å². The van der Waals surface area contributed by atoms with Crippen LogP contribution in [0.3, 0.4) is 0 Å². The van der Waals surface area contributed by atoms with Crippen molar-refractivity contribution in [2.45, 2.75) is 56.2 Å². The smallest absolute Gasteiger partial charge is 0.122 e. The third-order valence-electron chi connectivity index (χ3n) is 4.56. The van der Waals surface area contributed by atoms with Crippen molar-refractivity contribution in [3.8, 4) is 5.75 Å². The molecule has 104 valence electrons. The van der Waals surface area contributed by atoms with Crippen LogP contribution in [0.2, 0.25) is 0 Å². The molecular weight excluding hydrogens is 300 g/mol. The monoisotopic (exact) mass is 322 g/mol. The number of ether oxygens (including phenoxy) is 1. The predicted molar refractivity (Wildman–Crippen MR) is 83.1 cm³/mol. The number of halogens is 1. The molecule has 0 spiro atoms. The fraction of sp³-hybridized carbons (Fsp3) is 0.647. The molecular formula is C17H23BrO. The Bertz CT molecular complexity index is 421. The van der Waals surface area contributed by atoms with Crippen molar-refractivity contribution in [1.29, 1.82) is 0 Å². The molecule has 1 aliphatic carbocycles.